The largest absolute Gasteiger partial charge is 0.481 e. The van der Waals surface area contributed by atoms with E-state index in [9.17, 15) is 9.90 Å². The van der Waals surface area contributed by atoms with Gasteiger partial charge in [0.15, 0.2) is 0 Å². The van der Waals surface area contributed by atoms with Gasteiger partial charge in [-0.05, 0) is 37.5 Å². The Morgan fingerprint density at radius 1 is 1.25 bits per heavy atom. The van der Waals surface area contributed by atoms with Gasteiger partial charge in [-0.2, -0.15) is 0 Å². The van der Waals surface area contributed by atoms with Crippen LogP contribution in [0.3, 0.4) is 0 Å². The Bertz CT molecular complexity index is 621. The molecule has 1 aliphatic carbocycles. The first-order valence-electron chi connectivity index (χ1n) is 6.88. The molecule has 4 heteroatoms. The summed E-state index contributed by atoms with van der Waals surface area (Å²) in [6.45, 7) is 1.87. The van der Waals surface area contributed by atoms with Crippen molar-refractivity contribution in [2.24, 2.45) is 0 Å². The lowest BCUT2D eigenvalue weighted by atomic mass is 9.79. The molecule has 1 fully saturated rings. The van der Waals surface area contributed by atoms with Gasteiger partial charge >= 0.3 is 5.97 Å². The molecule has 4 nitrogen and oxygen atoms in total. The number of rotatable bonds is 3. The van der Waals surface area contributed by atoms with Crippen LogP contribution >= 0.6 is 0 Å². The Labute approximate surface area is 117 Å². The molecule has 0 amide bonds. The summed E-state index contributed by atoms with van der Waals surface area (Å²) in [4.78, 5) is 15.9. The third-order valence-corrected chi connectivity index (χ3v) is 4.17. The number of hydrogen-bond acceptors (Lipinski definition) is 3. The number of oxazole rings is 1. The molecule has 104 valence electrons. The van der Waals surface area contributed by atoms with Crippen LogP contribution in [0.25, 0.3) is 11.5 Å². The van der Waals surface area contributed by atoms with E-state index in [4.69, 9.17) is 4.42 Å². The number of hydrogen-bond donors (Lipinski definition) is 1. The molecule has 2 aromatic rings. The summed E-state index contributed by atoms with van der Waals surface area (Å²) < 4.78 is 5.36. The van der Waals surface area contributed by atoms with Gasteiger partial charge in [0.2, 0.25) is 5.89 Å². The van der Waals surface area contributed by atoms with E-state index in [1.54, 1.807) is 6.26 Å². The van der Waals surface area contributed by atoms with Crippen LogP contribution in [0.4, 0.5) is 0 Å². The second-order valence-corrected chi connectivity index (χ2v) is 5.47. The van der Waals surface area contributed by atoms with E-state index in [1.165, 1.54) is 0 Å². The topological polar surface area (TPSA) is 63.3 Å². The lowest BCUT2D eigenvalue weighted by Gasteiger charge is -2.24. The molecule has 0 spiro atoms. The van der Waals surface area contributed by atoms with E-state index in [2.05, 4.69) is 4.98 Å². The standard InChI is InChI=1S/C16H17NO3/c1-11-10-20-14(17-11)12-4-6-13(7-5-12)16(15(18)19)8-2-3-9-16/h4-7,10H,2-3,8-9H2,1H3,(H,18,19). The van der Waals surface area contributed by atoms with Crippen LogP contribution in [0, 0.1) is 6.92 Å². The molecule has 0 radical (unpaired) electrons. The Balaban J connectivity index is 1.95. The minimum atomic E-state index is -0.713. The molecule has 20 heavy (non-hydrogen) atoms. The first-order valence-corrected chi connectivity index (χ1v) is 6.88. The molecular formula is C16H17NO3. The van der Waals surface area contributed by atoms with Gasteiger partial charge in [0.1, 0.15) is 6.26 Å². The molecule has 0 atom stereocenters. The van der Waals surface area contributed by atoms with Crippen molar-refractivity contribution in [1.29, 1.82) is 0 Å². The lowest BCUT2D eigenvalue weighted by molar-refractivity contribution is -0.143. The molecule has 0 aliphatic heterocycles. The van der Waals surface area contributed by atoms with Crippen molar-refractivity contribution in [3.63, 3.8) is 0 Å². The number of carboxylic acid groups (broad SMARTS) is 1. The molecular weight excluding hydrogens is 254 g/mol. The Hall–Kier alpha value is -2.10. The van der Waals surface area contributed by atoms with Crippen LogP contribution in [0.5, 0.6) is 0 Å². The van der Waals surface area contributed by atoms with E-state index in [0.717, 1.165) is 42.5 Å². The molecule has 0 bridgehead atoms. The van der Waals surface area contributed by atoms with E-state index in [-0.39, 0.29) is 0 Å². The van der Waals surface area contributed by atoms with Gasteiger partial charge in [0.25, 0.3) is 0 Å². The highest BCUT2D eigenvalue weighted by Crippen LogP contribution is 2.41. The average Bonchev–Trinajstić information content (AvgIpc) is 3.08. The fourth-order valence-corrected chi connectivity index (χ4v) is 3.02. The van der Waals surface area contributed by atoms with Gasteiger partial charge in [-0.3, -0.25) is 4.79 Å². The molecule has 0 unspecified atom stereocenters. The maximum Gasteiger partial charge on any atom is 0.314 e. The van der Waals surface area contributed by atoms with Crippen LogP contribution in [-0.4, -0.2) is 16.1 Å². The minimum Gasteiger partial charge on any atom is -0.481 e. The highest BCUT2D eigenvalue weighted by Gasteiger charge is 2.42. The molecule has 0 saturated heterocycles. The summed E-state index contributed by atoms with van der Waals surface area (Å²) in [7, 11) is 0. The Kier molecular flexibility index (Phi) is 3.08. The number of nitrogens with zero attached hydrogens (tertiary/aromatic N) is 1. The lowest BCUT2D eigenvalue weighted by Crippen LogP contribution is -2.32. The van der Waals surface area contributed by atoms with Crippen LogP contribution < -0.4 is 0 Å². The van der Waals surface area contributed by atoms with E-state index in [1.807, 2.05) is 31.2 Å². The normalized spacial score (nSPS) is 17.2. The molecule has 1 aliphatic rings. The number of carboxylic acids is 1. The molecule has 1 heterocycles. The first-order chi connectivity index (χ1) is 9.62. The van der Waals surface area contributed by atoms with Gasteiger partial charge < -0.3 is 9.52 Å². The quantitative estimate of drug-likeness (QED) is 0.927. The van der Waals surface area contributed by atoms with Gasteiger partial charge in [-0.1, -0.05) is 25.0 Å². The molecule has 3 rings (SSSR count). The molecule has 1 saturated carbocycles. The highest BCUT2D eigenvalue weighted by atomic mass is 16.4. The summed E-state index contributed by atoms with van der Waals surface area (Å²) in [5, 5.41) is 9.58. The molecule has 1 aromatic carbocycles. The Morgan fingerprint density at radius 3 is 2.40 bits per heavy atom. The third kappa shape index (κ3) is 2.01. The summed E-state index contributed by atoms with van der Waals surface area (Å²) >= 11 is 0. The monoisotopic (exact) mass is 271 g/mol. The summed E-state index contributed by atoms with van der Waals surface area (Å²) in [6.07, 6.45) is 5.01. The number of aromatic nitrogens is 1. The van der Waals surface area contributed by atoms with E-state index < -0.39 is 11.4 Å². The predicted molar refractivity (Wildman–Crippen MR) is 74.5 cm³/mol. The van der Waals surface area contributed by atoms with Crippen molar-refractivity contribution in [2.75, 3.05) is 0 Å². The van der Waals surface area contributed by atoms with Crippen LogP contribution in [0.2, 0.25) is 0 Å². The number of benzene rings is 1. The van der Waals surface area contributed by atoms with Crippen molar-refractivity contribution in [3.8, 4) is 11.5 Å². The van der Waals surface area contributed by atoms with Crippen LogP contribution in [-0.2, 0) is 10.2 Å². The first kappa shape index (κ1) is 12.9. The fourth-order valence-electron chi connectivity index (χ4n) is 3.02. The van der Waals surface area contributed by atoms with E-state index in [0.29, 0.717) is 5.89 Å². The third-order valence-electron chi connectivity index (χ3n) is 4.17. The van der Waals surface area contributed by atoms with Gasteiger partial charge in [-0.15, -0.1) is 0 Å². The average molecular weight is 271 g/mol. The van der Waals surface area contributed by atoms with Crippen molar-refractivity contribution in [2.45, 2.75) is 38.0 Å². The maximum absolute atomic E-state index is 11.7. The zero-order valence-corrected chi connectivity index (χ0v) is 11.4. The maximum atomic E-state index is 11.7. The summed E-state index contributed by atoms with van der Waals surface area (Å²) in [5.74, 6) is -0.139. The van der Waals surface area contributed by atoms with E-state index >= 15 is 0 Å². The van der Waals surface area contributed by atoms with Crippen molar-refractivity contribution in [3.05, 3.63) is 41.8 Å². The predicted octanol–water partition coefficient (Wildman–Crippen LogP) is 3.55. The Morgan fingerprint density at radius 2 is 1.90 bits per heavy atom. The second kappa shape index (κ2) is 4.78. The number of carbonyl (C=O) groups is 1. The van der Waals surface area contributed by atoms with Crippen molar-refractivity contribution in [1.82, 2.24) is 4.98 Å². The number of aliphatic carboxylic acids is 1. The highest BCUT2D eigenvalue weighted by molar-refractivity contribution is 5.82. The van der Waals surface area contributed by atoms with Gasteiger partial charge in [-0.25, -0.2) is 4.98 Å². The van der Waals surface area contributed by atoms with Crippen LogP contribution in [0.1, 0.15) is 36.9 Å². The molecule has 1 N–H and O–H groups in total. The SMILES string of the molecule is Cc1coc(-c2ccc(C3(C(=O)O)CCCC3)cc2)n1. The summed E-state index contributed by atoms with van der Waals surface area (Å²) in [5.41, 5.74) is 1.89. The van der Waals surface area contributed by atoms with Gasteiger partial charge in [0, 0.05) is 5.56 Å². The van der Waals surface area contributed by atoms with Gasteiger partial charge in [0.05, 0.1) is 11.1 Å². The van der Waals surface area contributed by atoms with Crippen molar-refractivity contribution >= 4 is 5.97 Å². The van der Waals surface area contributed by atoms with Crippen molar-refractivity contribution < 1.29 is 14.3 Å². The second-order valence-electron chi connectivity index (χ2n) is 5.47. The smallest absolute Gasteiger partial charge is 0.314 e. The molecule has 1 aromatic heterocycles. The summed E-state index contributed by atoms with van der Waals surface area (Å²) in [6, 6.07) is 7.58. The zero-order valence-electron chi connectivity index (χ0n) is 11.4. The fraction of sp³-hybridized carbons (Fsp3) is 0.375. The van der Waals surface area contributed by atoms with Crippen LogP contribution in [0.15, 0.2) is 34.9 Å². The zero-order chi connectivity index (χ0) is 14.2. The minimum absolute atomic E-state index is 0.574. The number of aryl methyl sites for hydroxylation is 1.